The zero-order valence-electron chi connectivity index (χ0n) is 19.3. The summed E-state index contributed by atoms with van der Waals surface area (Å²) in [6.07, 6.45) is 1.18. The zero-order chi connectivity index (χ0) is 23.6. The normalized spacial score (nSPS) is 16.8. The van der Waals surface area contributed by atoms with E-state index in [4.69, 9.17) is 0 Å². The summed E-state index contributed by atoms with van der Waals surface area (Å²) in [6, 6.07) is 16.2. The Bertz CT molecular complexity index is 1230. The molecule has 174 valence electrons. The number of benzene rings is 2. The van der Waals surface area contributed by atoms with Crippen LogP contribution in [0.2, 0.25) is 0 Å². The average Bonchev–Trinajstić information content (AvgIpc) is 3.39. The SMILES string of the molecule is Cc1ccc(S(=O)(=O)N2CCC[C@@H]2C(=O)NCc2c(C)nn(Cc3ccccc3)c2C)cc1. The Kier molecular flexibility index (Phi) is 6.67. The van der Waals surface area contributed by atoms with Gasteiger partial charge in [0.05, 0.1) is 17.1 Å². The van der Waals surface area contributed by atoms with Crippen LogP contribution >= 0.6 is 0 Å². The number of aromatic nitrogens is 2. The Labute approximate surface area is 195 Å². The fourth-order valence-corrected chi connectivity index (χ4v) is 5.99. The summed E-state index contributed by atoms with van der Waals surface area (Å²) in [4.78, 5) is 13.3. The lowest BCUT2D eigenvalue weighted by molar-refractivity contribution is -0.124. The topological polar surface area (TPSA) is 84.3 Å². The number of amides is 1. The monoisotopic (exact) mass is 466 g/mol. The molecule has 1 fully saturated rings. The first-order valence-electron chi connectivity index (χ1n) is 11.2. The number of nitrogens with one attached hydrogen (secondary N) is 1. The summed E-state index contributed by atoms with van der Waals surface area (Å²) < 4.78 is 29.6. The van der Waals surface area contributed by atoms with Gasteiger partial charge in [-0.3, -0.25) is 9.48 Å². The van der Waals surface area contributed by atoms with E-state index in [0.29, 0.717) is 32.5 Å². The summed E-state index contributed by atoms with van der Waals surface area (Å²) in [5.74, 6) is -0.266. The molecule has 1 aromatic heterocycles. The minimum Gasteiger partial charge on any atom is -0.350 e. The second-order valence-electron chi connectivity index (χ2n) is 8.60. The van der Waals surface area contributed by atoms with Gasteiger partial charge in [0.2, 0.25) is 15.9 Å². The van der Waals surface area contributed by atoms with Gasteiger partial charge in [-0.15, -0.1) is 0 Å². The van der Waals surface area contributed by atoms with E-state index in [-0.39, 0.29) is 10.8 Å². The molecule has 2 aromatic carbocycles. The van der Waals surface area contributed by atoms with E-state index >= 15 is 0 Å². The van der Waals surface area contributed by atoms with E-state index in [9.17, 15) is 13.2 Å². The molecule has 1 N–H and O–H groups in total. The summed E-state index contributed by atoms with van der Waals surface area (Å²) in [5, 5.41) is 7.60. The lowest BCUT2D eigenvalue weighted by Crippen LogP contribution is -2.45. The molecular formula is C25H30N4O3S. The van der Waals surface area contributed by atoms with Crippen LogP contribution in [0.4, 0.5) is 0 Å². The third kappa shape index (κ3) is 4.86. The standard InChI is InChI=1S/C25H30N4O3S/c1-18-11-13-22(14-12-18)33(31,32)29-15-7-10-24(29)25(30)26-16-23-19(2)27-28(20(23)3)17-21-8-5-4-6-9-21/h4-6,8-9,11-14,24H,7,10,15-17H2,1-3H3,(H,26,30)/t24-/m1/s1. The first kappa shape index (κ1) is 23.2. The van der Waals surface area contributed by atoms with Crippen molar-refractivity contribution in [3.05, 3.63) is 82.7 Å². The van der Waals surface area contributed by atoms with Crippen molar-refractivity contribution in [3.63, 3.8) is 0 Å². The van der Waals surface area contributed by atoms with Crippen LogP contribution in [0.25, 0.3) is 0 Å². The molecule has 0 unspecified atom stereocenters. The van der Waals surface area contributed by atoms with Gasteiger partial charge in [0.15, 0.2) is 0 Å². The number of hydrogen-bond donors (Lipinski definition) is 1. The van der Waals surface area contributed by atoms with Crippen molar-refractivity contribution in [1.82, 2.24) is 19.4 Å². The molecule has 1 aliphatic heterocycles. The Morgan fingerprint density at radius 2 is 1.76 bits per heavy atom. The fraction of sp³-hybridized carbons (Fsp3) is 0.360. The Morgan fingerprint density at radius 3 is 2.45 bits per heavy atom. The van der Waals surface area contributed by atoms with Crippen molar-refractivity contribution >= 4 is 15.9 Å². The van der Waals surface area contributed by atoms with Crippen LogP contribution in [0.5, 0.6) is 0 Å². The average molecular weight is 467 g/mol. The highest BCUT2D eigenvalue weighted by Gasteiger charge is 2.39. The van der Waals surface area contributed by atoms with E-state index in [1.165, 1.54) is 4.31 Å². The molecule has 1 atom stereocenters. The molecule has 7 nitrogen and oxygen atoms in total. The van der Waals surface area contributed by atoms with Crippen LogP contribution in [-0.2, 0) is 27.9 Å². The van der Waals surface area contributed by atoms with E-state index in [1.54, 1.807) is 24.3 Å². The molecule has 8 heteroatoms. The lowest BCUT2D eigenvalue weighted by Gasteiger charge is -2.23. The molecule has 0 radical (unpaired) electrons. The summed E-state index contributed by atoms with van der Waals surface area (Å²) in [7, 11) is -3.72. The highest BCUT2D eigenvalue weighted by Crippen LogP contribution is 2.26. The van der Waals surface area contributed by atoms with Crippen LogP contribution in [0.15, 0.2) is 59.5 Å². The number of sulfonamides is 1. The van der Waals surface area contributed by atoms with Crippen LogP contribution in [-0.4, -0.2) is 41.0 Å². The summed E-state index contributed by atoms with van der Waals surface area (Å²) in [5.41, 5.74) is 4.96. The second-order valence-corrected chi connectivity index (χ2v) is 10.5. The van der Waals surface area contributed by atoms with Crippen molar-refractivity contribution in [1.29, 1.82) is 0 Å². The molecule has 0 spiro atoms. The molecule has 1 aliphatic rings. The number of nitrogens with zero attached hydrogens (tertiary/aromatic N) is 3. The highest BCUT2D eigenvalue weighted by atomic mass is 32.2. The van der Waals surface area contributed by atoms with Crippen molar-refractivity contribution in [2.75, 3.05) is 6.54 Å². The van der Waals surface area contributed by atoms with Crippen molar-refractivity contribution < 1.29 is 13.2 Å². The number of carbonyl (C=O) groups is 1. The van der Waals surface area contributed by atoms with Gasteiger partial charge in [-0.25, -0.2) is 8.42 Å². The van der Waals surface area contributed by atoms with Gasteiger partial charge >= 0.3 is 0 Å². The van der Waals surface area contributed by atoms with Crippen LogP contribution in [0.3, 0.4) is 0 Å². The van der Waals surface area contributed by atoms with E-state index in [2.05, 4.69) is 22.5 Å². The molecule has 2 heterocycles. The Balaban J connectivity index is 1.46. The minimum absolute atomic E-state index is 0.224. The Hall–Kier alpha value is -2.97. The number of hydrogen-bond acceptors (Lipinski definition) is 4. The van der Waals surface area contributed by atoms with Gasteiger partial charge in [-0.2, -0.15) is 9.40 Å². The summed E-state index contributed by atoms with van der Waals surface area (Å²) >= 11 is 0. The smallest absolute Gasteiger partial charge is 0.243 e. The Morgan fingerprint density at radius 1 is 1.06 bits per heavy atom. The van der Waals surface area contributed by atoms with Crippen molar-refractivity contribution in [2.24, 2.45) is 0 Å². The molecular weight excluding hydrogens is 436 g/mol. The number of aryl methyl sites for hydroxylation is 2. The predicted octanol–water partition coefficient (Wildman–Crippen LogP) is 3.33. The van der Waals surface area contributed by atoms with Gasteiger partial charge in [0, 0.05) is 24.3 Å². The number of rotatable bonds is 7. The lowest BCUT2D eigenvalue weighted by atomic mass is 10.1. The van der Waals surface area contributed by atoms with Gasteiger partial charge < -0.3 is 5.32 Å². The predicted molar refractivity (Wildman–Crippen MR) is 127 cm³/mol. The van der Waals surface area contributed by atoms with Gasteiger partial charge in [0.1, 0.15) is 6.04 Å². The summed E-state index contributed by atoms with van der Waals surface area (Å²) in [6.45, 7) is 7.16. The third-order valence-corrected chi connectivity index (χ3v) is 8.20. The fourth-order valence-electron chi connectivity index (χ4n) is 4.33. The van der Waals surface area contributed by atoms with Crippen molar-refractivity contribution in [3.8, 4) is 0 Å². The number of carbonyl (C=O) groups excluding carboxylic acids is 1. The molecule has 1 amide bonds. The van der Waals surface area contributed by atoms with Gasteiger partial charge in [-0.05, 0) is 51.3 Å². The van der Waals surface area contributed by atoms with Crippen LogP contribution in [0.1, 0.15) is 40.9 Å². The van der Waals surface area contributed by atoms with Crippen LogP contribution in [0, 0.1) is 20.8 Å². The first-order chi connectivity index (χ1) is 15.8. The maximum Gasteiger partial charge on any atom is 0.243 e. The molecule has 4 rings (SSSR count). The highest BCUT2D eigenvalue weighted by molar-refractivity contribution is 7.89. The van der Waals surface area contributed by atoms with E-state index in [1.807, 2.05) is 43.7 Å². The van der Waals surface area contributed by atoms with E-state index < -0.39 is 16.1 Å². The molecule has 3 aromatic rings. The maximum atomic E-state index is 13.2. The molecule has 0 saturated carbocycles. The van der Waals surface area contributed by atoms with E-state index in [0.717, 1.165) is 28.1 Å². The third-order valence-electron chi connectivity index (χ3n) is 6.28. The maximum absolute atomic E-state index is 13.2. The second kappa shape index (κ2) is 9.49. The largest absolute Gasteiger partial charge is 0.350 e. The first-order valence-corrected chi connectivity index (χ1v) is 12.6. The van der Waals surface area contributed by atoms with Gasteiger partial charge in [0.25, 0.3) is 0 Å². The molecule has 1 saturated heterocycles. The van der Waals surface area contributed by atoms with Gasteiger partial charge in [-0.1, -0.05) is 48.0 Å². The molecule has 33 heavy (non-hydrogen) atoms. The molecule has 0 bridgehead atoms. The molecule has 0 aliphatic carbocycles. The van der Waals surface area contributed by atoms with Crippen molar-refractivity contribution in [2.45, 2.75) is 57.6 Å². The zero-order valence-corrected chi connectivity index (χ0v) is 20.1. The minimum atomic E-state index is -3.72. The van der Waals surface area contributed by atoms with Crippen LogP contribution < -0.4 is 5.32 Å². The quantitative estimate of drug-likeness (QED) is 0.579.